The molecule has 1 unspecified atom stereocenters. The van der Waals surface area contributed by atoms with E-state index in [1.54, 1.807) is 12.4 Å². The summed E-state index contributed by atoms with van der Waals surface area (Å²) in [5.41, 5.74) is 3.06. The number of aromatic nitrogens is 2. The van der Waals surface area contributed by atoms with E-state index in [1.807, 2.05) is 56.3 Å². The highest BCUT2D eigenvalue weighted by Crippen LogP contribution is 2.31. The Hall–Kier alpha value is -2.93. The molecular weight excluding hydrogens is 456 g/mol. The Morgan fingerprint density at radius 3 is 2.68 bits per heavy atom. The van der Waals surface area contributed by atoms with Crippen molar-refractivity contribution in [1.82, 2.24) is 9.97 Å². The van der Waals surface area contributed by atoms with Crippen molar-refractivity contribution in [3.05, 3.63) is 70.5 Å². The molecule has 0 bridgehead atoms. The topological polar surface area (TPSA) is 67.4 Å². The molecule has 1 saturated heterocycles. The molecule has 1 aliphatic heterocycles. The van der Waals surface area contributed by atoms with Gasteiger partial charge in [0, 0.05) is 35.6 Å². The fraction of sp³-hybridized carbons (Fsp3) is 0.292. The van der Waals surface area contributed by atoms with Gasteiger partial charge in [0.15, 0.2) is 5.82 Å². The quantitative estimate of drug-likeness (QED) is 0.521. The zero-order valence-corrected chi connectivity index (χ0v) is 19.2. The van der Waals surface area contributed by atoms with E-state index in [-0.39, 0.29) is 11.8 Å². The average Bonchev–Trinajstić information content (AvgIpc) is 2.78. The molecule has 1 aliphatic rings. The van der Waals surface area contributed by atoms with Crippen molar-refractivity contribution in [3.8, 4) is 11.6 Å². The van der Waals surface area contributed by atoms with E-state index in [2.05, 4.69) is 36.1 Å². The first-order valence-electron chi connectivity index (χ1n) is 10.4. The molecule has 1 N–H and O–H groups in total. The van der Waals surface area contributed by atoms with E-state index in [0.717, 1.165) is 40.7 Å². The Labute approximate surface area is 190 Å². The molecule has 1 amide bonds. The Balaban J connectivity index is 1.47. The SMILES string of the molecule is Cc1ccc(Oc2nccnc2N2CCCC(C(=O)Nc3ccc(Br)c(C)c3)C2)cc1. The number of rotatable bonds is 5. The van der Waals surface area contributed by atoms with E-state index < -0.39 is 0 Å². The molecule has 3 aromatic rings. The zero-order valence-electron chi connectivity index (χ0n) is 17.6. The first kappa shape index (κ1) is 21.3. The number of hydrogen-bond donors (Lipinski definition) is 1. The second-order valence-corrected chi connectivity index (χ2v) is 8.69. The van der Waals surface area contributed by atoms with Gasteiger partial charge in [0.2, 0.25) is 5.91 Å². The molecular formula is C24H25BrN4O2. The van der Waals surface area contributed by atoms with Crippen LogP contribution in [0.4, 0.5) is 11.5 Å². The summed E-state index contributed by atoms with van der Waals surface area (Å²) >= 11 is 3.50. The lowest BCUT2D eigenvalue weighted by Gasteiger charge is -2.33. The van der Waals surface area contributed by atoms with Crippen LogP contribution in [0.5, 0.6) is 11.6 Å². The maximum Gasteiger partial charge on any atom is 0.263 e. The number of aryl methyl sites for hydroxylation is 2. The van der Waals surface area contributed by atoms with Crippen LogP contribution < -0.4 is 15.0 Å². The predicted octanol–water partition coefficient (Wildman–Crippen LogP) is 5.50. The maximum atomic E-state index is 12.9. The summed E-state index contributed by atoms with van der Waals surface area (Å²) in [5.74, 6) is 1.73. The molecule has 0 spiro atoms. The normalized spacial score (nSPS) is 16.1. The van der Waals surface area contributed by atoms with Gasteiger partial charge in [-0.05, 0) is 62.6 Å². The first-order valence-corrected chi connectivity index (χ1v) is 11.2. The van der Waals surface area contributed by atoms with Crippen LogP contribution in [0.25, 0.3) is 0 Å². The van der Waals surface area contributed by atoms with Gasteiger partial charge < -0.3 is 15.0 Å². The Morgan fingerprint density at radius 2 is 1.90 bits per heavy atom. The molecule has 7 heteroatoms. The summed E-state index contributed by atoms with van der Waals surface area (Å²) in [4.78, 5) is 23.9. The van der Waals surface area contributed by atoms with Crippen LogP contribution in [0.2, 0.25) is 0 Å². The highest BCUT2D eigenvalue weighted by atomic mass is 79.9. The van der Waals surface area contributed by atoms with Crippen molar-refractivity contribution >= 4 is 33.3 Å². The van der Waals surface area contributed by atoms with E-state index >= 15 is 0 Å². The number of halogens is 1. The molecule has 6 nitrogen and oxygen atoms in total. The lowest BCUT2D eigenvalue weighted by molar-refractivity contribution is -0.120. The Kier molecular flexibility index (Phi) is 6.51. The maximum absolute atomic E-state index is 12.9. The summed E-state index contributed by atoms with van der Waals surface area (Å²) < 4.78 is 7.04. The minimum atomic E-state index is -0.132. The van der Waals surface area contributed by atoms with Crippen molar-refractivity contribution in [2.45, 2.75) is 26.7 Å². The van der Waals surface area contributed by atoms with E-state index in [9.17, 15) is 4.79 Å². The number of nitrogens with zero attached hydrogens (tertiary/aromatic N) is 3. The zero-order chi connectivity index (χ0) is 21.8. The first-order chi connectivity index (χ1) is 15.0. The van der Waals surface area contributed by atoms with Crippen molar-refractivity contribution in [3.63, 3.8) is 0 Å². The molecule has 2 aromatic carbocycles. The summed E-state index contributed by atoms with van der Waals surface area (Å²) in [6.07, 6.45) is 5.02. The van der Waals surface area contributed by atoms with Crippen LogP contribution in [-0.4, -0.2) is 29.0 Å². The molecule has 0 saturated carbocycles. The lowest BCUT2D eigenvalue weighted by Crippen LogP contribution is -2.41. The molecule has 31 heavy (non-hydrogen) atoms. The number of amides is 1. The van der Waals surface area contributed by atoms with Crippen LogP contribution in [0.1, 0.15) is 24.0 Å². The standard InChI is InChI=1S/C24H25BrN4O2/c1-16-5-8-20(9-6-16)31-24-22(26-11-12-27-24)29-13-3-4-18(15-29)23(30)28-19-7-10-21(25)17(2)14-19/h5-12,14,18H,3-4,13,15H2,1-2H3,(H,28,30). The van der Waals surface area contributed by atoms with E-state index in [0.29, 0.717) is 24.0 Å². The van der Waals surface area contributed by atoms with Crippen LogP contribution in [0.3, 0.4) is 0 Å². The third-order valence-electron chi connectivity index (χ3n) is 5.40. The van der Waals surface area contributed by atoms with Gasteiger partial charge in [0.25, 0.3) is 5.88 Å². The van der Waals surface area contributed by atoms with Crippen LogP contribution >= 0.6 is 15.9 Å². The number of piperidine rings is 1. The van der Waals surface area contributed by atoms with Crippen molar-refractivity contribution in [2.24, 2.45) is 5.92 Å². The summed E-state index contributed by atoms with van der Waals surface area (Å²) in [6, 6.07) is 13.7. The monoisotopic (exact) mass is 480 g/mol. The highest BCUT2D eigenvalue weighted by Gasteiger charge is 2.28. The molecule has 2 heterocycles. The number of anilines is 2. The Morgan fingerprint density at radius 1 is 1.13 bits per heavy atom. The predicted molar refractivity (Wildman–Crippen MR) is 126 cm³/mol. The largest absolute Gasteiger partial charge is 0.436 e. The smallest absolute Gasteiger partial charge is 0.263 e. The fourth-order valence-electron chi connectivity index (χ4n) is 3.68. The summed E-state index contributed by atoms with van der Waals surface area (Å²) in [6.45, 7) is 5.42. The third-order valence-corrected chi connectivity index (χ3v) is 6.29. The third kappa shape index (κ3) is 5.22. The molecule has 1 fully saturated rings. The number of benzene rings is 2. The molecule has 1 atom stereocenters. The number of carbonyl (C=O) groups excluding carboxylic acids is 1. The number of nitrogens with one attached hydrogen (secondary N) is 1. The minimum absolute atomic E-state index is 0.0244. The second kappa shape index (κ2) is 9.47. The van der Waals surface area contributed by atoms with Crippen LogP contribution in [-0.2, 0) is 4.79 Å². The molecule has 0 radical (unpaired) electrons. The lowest BCUT2D eigenvalue weighted by atomic mass is 9.97. The van der Waals surface area contributed by atoms with Gasteiger partial charge in [-0.25, -0.2) is 9.97 Å². The summed E-state index contributed by atoms with van der Waals surface area (Å²) in [7, 11) is 0. The second-order valence-electron chi connectivity index (χ2n) is 7.84. The van der Waals surface area contributed by atoms with Crippen molar-refractivity contribution < 1.29 is 9.53 Å². The molecule has 160 valence electrons. The fourth-order valence-corrected chi connectivity index (χ4v) is 3.92. The molecule has 0 aliphatic carbocycles. The number of ether oxygens (including phenoxy) is 1. The van der Waals surface area contributed by atoms with Crippen molar-refractivity contribution in [2.75, 3.05) is 23.3 Å². The highest BCUT2D eigenvalue weighted by molar-refractivity contribution is 9.10. The van der Waals surface area contributed by atoms with Gasteiger partial charge in [-0.1, -0.05) is 33.6 Å². The van der Waals surface area contributed by atoms with Gasteiger partial charge >= 0.3 is 0 Å². The van der Waals surface area contributed by atoms with Gasteiger partial charge in [0.1, 0.15) is 5.75 Å². The van der Waals surface area contributed by atoms with Crippen LogP contribution in [0.15, 0.2) is 59.3 Å². The molecule has 4 rings (SSSR count). The van der Waals surface area contributed by atoms with E-state index in [4.69, 9.17) is 4.74 Å². The van der Waals surface area contributed by atoms with Crippen molar-refractivity contribution in [1.29, 1.82) is 0 Å². The van der Waals surface area contributed by atoms with Crippen LogP contribution in [0, 0.1) is 19.8 Å². The minimum Gasteiger partial charge on any atom is -0.436 e. The van der Waals surface area contributed by atoms with E-state index in [1.165, 1.54) is 0 Å². The van der Waals surface area contributed by atoms with Gasteiger partial charge in [-0.15, -0.1) is 0 Å². The van der Waals surface area contributed by atoms with Gasteiger partial charge in [0.05, 0.1) is 5.92 Å². The summed E-state index contributed by atoms with van der Waals surface area (Å²) in [5, 5.41) is 3.06. The number of hydrogen-bond acceptors (Lipinski definition) is 5. The average molecular weight is 481 g/mol. The van der Waals surface area contributed by atoms with Gasteiger partial charge in [-0.3, -0.25) is 4.79 Å². The molecule has 1 aromatic heterocycles. The number of carbonyl (C=O) groups is 1. The Bertz CT molecular complexity index is 1070. The van der Waals surface area contributed by atoms with Gasteiger partial charge in [-0.2, -0.15) is 0 Å².